The molecule has 0 radical (unpaired) electrons. The minimum atomic E-state index is -0.220. The topological polar surface area (TPSA) is 26.3 Å². The zero-order valence-corrected chi connectivity index (χ0v) is 8.56. The van der Waals surface area contributed by atoms with E-state index in [0.29, 0.717) is 0 Å². The first-order valence-electron chi connectivity index (χ1n) is 2.68. The van der Waals surface area contributed by atoms with Gasteiger partial charge in [0.25, 0.3) is 0 Å². The number of esters is 1. The van der Waals surface area contributed by atoms with Crippen LogP contribution in [0.15, 0.2) is 0 Å². The van der Waals surface area contributed by atoms with Gasteiger partial charge < -0.3 is 0 Å². The molecule has 0 amide bonds. The van der Waals surface area contributed by atoms with Gasteiger partial charge >= 0.3 is 65.8 Å². The standard InChI is InChI=1S/C6H12O2Te/c1-6(2,9-4)5(7)8-3/h1-4H3. The van der Waals surface area contributed by atoms with Crippen LogP contribution in [0.1, 0.15) is 13.8 Å². The summed E-state index contributed by atoms with van der Waals surface area (Å²) in [4.78, 5) is 13.0. The second kappa shape index (κ2) is 3.43. The van der Waals surface area contributed by atoms with E-state index in [1.165, 1.54) is 7.11 Å². The van der Waals surface area contributed by atoms with Crippen LogP contribution in [0.5, 0.6) is 0 Å². The first-order chi connectivity index (χ1) is 4.04. The molecule has 2 nitrogen and oxygen atoms in total. The Bertz CT molecular complexity index is 110. The number of hydrogen-bond acceptors (Lipinski definition) is 2. The van der Waals surface area contributed by atoms with Crippen LogP contribution in [0.2, 0.25) is 8.43 Å². The van der Waals surface area contributed by atoms with Gasteiger partial charge in [0.05, 0.1) is 0 Å². The Morgan fingerprint density at radius 1 is 1.56 bits per heavy atom. The van der Waals surface area contributed by atoms with Crippen LogP contribution in [0.3, 0.4) is 0 Å². The fourth-order valence-electron chi connectivity index (χ4n) is 0.329. The van der Waals surface area contributed by atoms with E-state index in [2.05, 4.69) is 9.71 Å². The number of hydrogen-bond donors (Lipinski definition) is 0. The average Bonchev–Trinajstić information content (AvgIpc) is 1.86. The van der Waals surface area contributed by atoms with Crippen LogP contribution < -0.4 is 0 Å². The van der Waals surface area contributed by atoms with Crippen LogP contribution in [0.4, 0.5) is 0 Å². The molecule has 9 heavy (non-hydrogen) atoms. The first kappa shape index (κ1) is 9.26. The van der Waals surface area contributed by atoms with Gasteiger partial charge in [0.15, 0.2) is 0 Å². The second-order valence-corrected chi connectivity index (χ2v) is 6.28. The van der Waals surface area contributed by atoms with Gasteiger partial charge in [0, 0.05) is 0 Å². The molecule has 0 unspecified atom stereocenters. The Labute approximate surface area is 66.0 Å². The van der Waals surface area contributed by atoms with Gasteiger partial charge in [-0.25, -0.2) is 0 Å². The molecular formula is C6H12O2Te. The van der Waals surface area contributed by atoms with Gasteiger partial charge in [-0.2, -0.15) is 0 Å². The summed E-state index contributed by atoms with van der Waals surface area (Å²) in [7, 11) is 1.44. The molecule has 0 aromatic heterocycles. The molecule has 0 saturated carbocycles. The molecule has 0 aromatic rings. The third-order valence-electron chi connectivity index (χ3n) is 1.19. The molecule has 0 aliphatic carbocycles. The van der Waals surface area contributed by atoms with Gasteiger partial charge in [0.1, 0.15) is 0 Å². The van der Waals surface area contributed by atoms with Crippen molar-refractivity contribution in [3.05, 3.63) is 0 Å². The SMILES string of the molecule is COC(=O)C(C)(C)[Te]C. The summed E-state index contributed by atoms with van der Waals surface area (Å²) in [5, 5.41) is 0. The molecule has 0 N–H and O–H groups in total. The van der Waals surface area contributed by atoms with Gasteiger partial charge in [-0.3, -0.25) is 0 Å². The summed E-state index contributed by atoms with van der Waals surface area (Å²) >= 11 is -0.220. The van der Waals surface area contributed by atoms with E-state index in [9.17, 15) is 4.79 Å². The maximum atomic E-state index is 10.9. The van der Waals surface area contributed by atoms with Crippen molar-refractivity contribution in [3.8, 4) is 0 Å². The zero-order valence-electron chi connectivity index (χ0n) is 6.22. The average molecular weight is 244 g/mol. The van der Waals surface area contributed by atoms with E-state index in [1.54, 1.807) is 0 Å². The maximum absolute atomic E-state index is 10.9. The van der Waals surface area contributed by atoms with Crippen molar-refractivity contribution in [2.45, 2.75) is 22.3 Å². The zero-order chi connectivity index (χ0) is 7.49. The molecule has 0 fully saturated rings. The second-order valence-electron chi connectivity index (χ2n) is 2.21. The van der Waals surface area contributed by atoms with E-state index in [-0.39, 0.29) is 30.4 Å². The number of carbonyl (C=O) groups is 1. The van der Waals surface area contributed by atoms with Gasteiger partial charge in [-0.15, -0.1) is 0 Å². The van der Waals surface area contributed by atoms with E-state index in [4.69, 9.17) is 0 Å². The molecule has 0 bridgehead atoms. The number of rotatable bonds is 2. The quantitative estimate of drug-likeness (QED) is 0.537. The molecule has 0 spiro atoms. The fraction of sp³-hybridized carbons (Fsp3) is 0.833. The molecule has 3 heteroatoms. The number of ether oxygens (including phenoxy) is 1. The fourth-order valence-corrected chi connectivity index (χ4v) is 1.04. The normalized spacial score (nSPS) is 11.1. The van der Waals surface area contributed by atoms with Crippen molar-refractivity contribution in [2.75, 3.05) is 7.11 Å². The Morgan fingerprint density at radius 3 is 2.11 bits per heavy atom. The molecule has 0 aliphatic heterocycles. The molecule has 0 atom stereocenters. The summed E-state index contributed by atoms with van der Waals surface area (Å²) in [5.41, 5.74) is 0. The van der Waals surface area contributed by atoms with Crippen molar-refractivity contribution in [2.24, 2.45) is 0 Å². The van der Waals surface area contributed by atoms with Crippen LogP contribution in [0, 0.1) is 0 Å². The Morgan fingerprint density at radius 2 is 2.00 bits per heavy atom. The molecular weight excluding hydrogens is 232 g/mol. The summed E-state index contributed by atoms with van der Waals surface area (Å²) in [6.45, 7) is 3.86. The van der Waals surface area contributed by atoms with Crippen molar-refractivity contribution in [1.82, 2.24) is 0 Å². The third-order valence-corrected chi connectivity index (χ3v) is 4.58. The monoisotopic (exact) mass is 246 g/mol. The molecule has 0 rings (SSSR count). The number of carbonyl (C=O) groups excluding carboxylic acids is 1. The third kappa shape index (κ3) is 2.55. The van der Waals surface area contributed by atoms with Crippen LogP contribution in [-0.4, -0.2) is 34.0 Å². The summed E-state index contributed by atoms with van der Waals surface area (Å²) < 4.78 is 4.42. The molecule has 0 aromatic carbocycles. The predicted molar refractivity (Wildman–Crippen MR) is 37.7 cm³/mol. The number of methoxy groups -OCH3 is 1. The summed E-state index contributed by atoms with van der Waals surface area (Å²) in [5.74, 6) is -0.0765. The molecule has 0 aliphatic rings. The minimum absolute atomic E-state index is 0.0765. The van der Waals surface area contributed by atoms with Crippen molar-refractivity contribution in [3.63, 3.8) is 0 Å². The van der Waals surface area contributed by atoms with E-state index >= 15 is 0 Å². The summed E-state index contributed by atoms with van der Waals surface area (Å²) in [6.07, 6.45) is 0. The van der Waals surface area contributed by atoms with Gasteiger partial charge in [-0.05, 0) is 0 Å². The van der Waals surface area contributed by atoms with Gasteiger partial charge in [-0.1, -0.05) is 0 Å². The van der Waals surface area contributed by atoms with Crippen LogP contribution in [-0.2, 0) is 9.53 Å². The van der Waals surface area contributed by atoms with Crippen molar-refractivity contribution in [1.29, 1.82) is 0 Å². The van der Waals surface area contributed by atoms with E-state index in [0.717, 1.165) is 0 Å². The molecule has 0 saturated heterocycles. The van der Waals surface area contributed by atoms with Gasteiger partial charge in [0.2, 0.25) is 0 Å². The molecule has 54 valence electrons. The summed E-state index contributed by atoms with van der Waals surface area (Å²) in [6, 6.07) is 0. The van der Waals surface area contributed by atoms with E-state index in [1.807, 2.05) is 13.8 Å². The predicted octanol–water partition coefficient (Wildman–Crippen LogP) is 1.11. The van der Waals surface area contributed by atoms with E-state index < -0.39 is 0 Å². The Kier molecular flexibility index (Phi) is 3.53. The Hall–Kier alpha value is 0.260. The van der Waals surface area contributed by atoms with Crippen LogP contribution >= 0.6 is 0 Å². The van der Waals surface area contributed by atoms with Crippen LogP contribution in [0.25, 0.3) is 0 Å². The Balaban J connectivity index is 3.97. The molecule has 0 heterocycles. The van der Waals surface area contributed by atoms with Crippen molar-refractivity contribution >= 4 is 26.9 Å². The van der Waals surface area contributed by atoms with Crippen molar-refractivity contribution < 1.29 is 9.53 Å². The first-order valence-corrected chi connectivity index (χ1v) is 6.17.